The zero-order chi connectivity index (χ0) is 25.1. The smallest absolute Gasteiger partial charge is 0.326 e. The predicted octanol–water partition coefficient (Wildman–Crippen LogP) is -0.844. The number of benzene rings is 1. The average molecular weight is 483 g/mol. The molecule has 0 bridgehead atoms. The molecule has 11 nitrogen and oxygen atoms in total. The lowest BCUT2D eigenvalue weighted by Crippen LogP contribution is -2.59. The Morgan fingerprint density at radius 1 is 0.909 bits per heavy atom. The molecule has 1 aromatic carbocycles. The van der Waals surface area contributed by atoms with Crippen molar-refractivity contribution >= 4 is 42.3 Å². The molecule has 0 heterocycles. The number of aliphatic carboxylic acids is 2. The fraction of sp³-hybridized carbons (Fsp3) is 0.476. The van der Waals surface area contributed by atoms with E-state index in [2.05, 4.69) is 28.6 Å². The summed E-state index contributed by atoms with van der Waals surface area (Å²) in [7, 11) is 0. The van der Waals surface area contributed by atoms with Crippen LogP contribution >= 0.6 is 12.6 Å². The molecule has 7 N–H and O–H groups in total. The molecule has 0 aliphatic rings. The largest absolute Gasteiger partial charge is 0.481 e. The summed E-state index contributed by atoms with van der Waals surface area (Å²) in [6.07, 6.45) is -0.570. The van der Waals surface area contributed by atoms with Crippen LogP contribution in [0.25, 0.3) is 0 Å². The van der Waals surface area contributed by atoms with E-state index >= 15 is 0 Å². The molecule has 12 heteroatoms. The first-order chi connectivity index (χ1) is 15.5. The summed E-state index contributed by atoms with van der Waals surface area (Å²) in [6.45, 7) is 3.28. The summed E-state index contributed by atoms with van der Waals surface area (Å²) in [4.78, 5) is 59.9. The van der Waals surface area contributed by atoms with E-state index in [1.807, 2.05) is 0 Å². The average Bonchev–Trinajstić information content (AvgIpc) is 2.74. The second-order valence-corrected chi connectivity index (χ2v) is 8.13. The molecule has 1 aromatic rings. The quantitative estimate of drug-likeness (QED) is 0.177. The summed E-state index contributed by atoms with van der Waals surface area (Å²) in [6, 6.07) is 3.86. The lowest BCUT2D eigenvalue weighted by molar-refractivity contribution is -0.142. The number of carbonyl (C=O) groups excluding carboxylic acids is 3. The monoisotopic (exact) mass is 482 g/mol. The molecule has 4 atom stereocenters. The summed E-state index contributed by atoms with van der Waals surface area (Å²) >= 11 is 4.07. The van der Waals surface area contributed by atoms with Gasteiger partial charge < -0.3 is 31.9 Å². The summed E-state index contributed by atoms with van der Waals surface area (Å²) in [5, 5.41) is 25.5. The van der Waals surface area contributed by atoms with Crippen LogP contribution < -0.4 is 21.7 Å². The van der Waals surface area contributed by atoms with E-state index in [4.69, 9.17) is 10.8 Å². The van der Waals surface area contributed by atoms with Crippen LogP contribution in [-0.2, 0) is 30.4 Å². The van der Waals surface area contributed by atoms with E-state index in [9.17, 15) is 29.1 Å². The van der Waals surface area contributed by atoms with E-state index < -0.39 is 66.2 Å². The Bertz CT molecular complexity index is 850. The minimum atomic E-state index is -1.35. The van der Waals surface area contributed by atoms with Gasteiger partial charge in [0.2, 0.25) is 17.7 Å². The SMILES string of the molecule is CC(C)C(NC(=O)C(N)CC(=O)O)C(=O)NC(CS)C(=O)NC(Cc1ccccc1)C(=O)O. The predicted molar refractivity (Wildman–Crippen MR) is 122 cm³/mol. The zero-order valence-corrected chi connectivity index (χ0v) is 19.2. The number of hydrogen-bond donors (Lipinski definition) is 7. The minimum absolute atomic E-state index is 0.0429. The second kappa shape index (κ2) is 13.4. The van der Waals surface area contributed by atoms with Gasteiger partial charge in [-0.15, -0.1) is 0 Å². The summed E-state index contributed by atoms with van der Waals surface area (Å²) < 4.78 is 0. The van der Waals surface area contributed by atoms with Crippen molar-refractivity contribution in [1.82, 2.24) is 16.0 Å². The second-order valence-electron chi connectivity index (χ2n) is 7.77. The number of rotatable bonds is 13. The van der Waals surface area contributed by atoms with Crippen LogP contribution in [0.4, 0.5) is 0 Å². The first kappa shape index (κ1) is 27.9. The lowest BCUT2D eigenvalue weighted by Gasteiger charge is -2.26. The van der Waals surface area contributed by atoms with Crippen LogP contribution in [0, 0.1) is 5.92 Å². The molecule has 0 radical (unpaired) electrons. The van der Waals surface area contributed by atoms with Crippen molar-refractivity contribution in [3.8, 4) is 0 Å². The van der Waals surface area contributed by atoms with Gasteiger partial charge in [-0.05, 0) is 11.5 Å². The maximum absolute atomic E-state index is 12.7. The van der Waals surface area contributed by atoms with Gasteiger partial charge in [0.05, 0.1) is 12.5 Å². The van der Waals surface area contributed by atoms with Gasteiger partial charge in [-0.3, -0.25) is 19.2 Å². The first-order valence-electron chi connectivity index (χ1n) is 10.2. The Balaban J connectivity index is 2.84. The summed E-state index contributed by atoms with van der Waals surface area (Å²) in [5.41, 5.74) is 6.24. The standard InChI is InChI=1S/C21H30N4O7S/c1-11(2)17(25-18(28)13(22)9-16(26)27)20(30)24-15(10-33)19(29)23-14(21(31)32)8-12-6-4-3-5-7-12/h3-7,11,13-15,17,33H,8-10,22H2,1-2H3,(H,23,29)(H,24,30)(H,25,28)(H,26,27)(H,31,32). The minimum Gasteiger partial charge on any atom is -0.481 e. The van der Waals surface area contributed by atoms with E-state index in [-0.39, 0.29) is 12.2 Å². The highest BCUT2D eigenvalue weighted by molar-refractivity contribution is 7.80. The van der Waals surface area contributed by atoms with Crippen LogP contribution in [-0.4, -0.2) is 69.8 Å². The zero-order valence-electron chi connectivity index (χ0n) is 18.4. The number of amides is 3. The number of thiol groups is 1. The van der Waals surface area contributed by atoms with Crippen molar-refractivity contribution in [2.45, 2.75) is 50.9 Å². The molecule has 182 valence electrons. The lowest BCUT2D eigenvalue weighted by atomic mass is 10.0. The molecule has 0 aliphatic carbocycles. The van der Waals surface area contributed by atoms with Crippen LogP contribution in [0.3, 0.4) is 0 Å². The Hall–Kier alpha value is -3.12. The van der Waals surface area contributed by atoms with Gasteiger partial charge in [0.1, 0.15) is 18.1 Å². The molecule has 1 rings (SSSR count). The van der Waals surface area contributed by atoms with Gasteiger partial charge in [-0.1, -0.05) is 44.2 Å². The molecule has 0 saturated carbocycles. The topological polar surface area (TPSA) is 188 Å². The third kappa shape index (κ3) is 9.49. The molecule has 0 saturated heterocycles. The first-order valence-corrected chi connectivity index (χ1v) is 10.9. The van der Waals surface area contributed by atoms with Gasteiger partial charge in [0, 0.05) is 12.2 Å². The molecule has 0 spiro atoms. The van der Waals surface area contributed by atoms with Gasteiger partial charge in [-0.25, -0.2) is 4.79 Å². The molecule has 4 unspecified atom stereocenters. The molecular weight excluding hydrogens is 452 g/mol. The van der Waals surface area contributed by atoms with Crippen LogP contribution in [0.1, 0.15) is 25.8 Å². The van der Waals surface area contributed by atoms with E-state index in [1.165, 1.54) is 0 Å². The molecule has 0 fully saturated rings. The van der Waals surface area contributed by atoms with Crippen molar-refractivity contribution in [3.05, 3.63) is 35.9 Å². The van der Waals surface area contributed by atoms with Crippen molar-refractivity contribution in [1.29, 1.82) is 0 Å². The van der Waals surface area contributed by atoms with Gasteiger partial charge >= 0.3 is 11.9 Å². The van der Waals surface area contributed by atoms with Gasteiger partial charge in [-0.2, -0.15) is 12.6 Å². The number of carbonyl (C=O) groups is 5. The fourth-order valence-electron chi connectivity index (χ4n) is 2.85. The maximum atomic E-state index is 12.7. The van der Waals surface area contributed by atoms with Crippen molar-refractivity contribution < 1.29 is 34.2 Å². The fourth-order valence-corrected chi connectivity index (χ4v) is 3.11. The number of nitrogens with one attached hydrogen (secondary N) is 3. The van der Waals surface area contributed by atoms with Gasteiger partial charge in [0.15, 0.2) is 0 Å². The van der Waals surface area contributed by atoms with Crippen molar-refractivity contribution in [2.24, 2.45) is 11.7 Å². The molecule has 33 heavy (non-hydrogen) atoms. The van der Waals surface area contributed by atoms with Crippen LogP contribution in [0.2, 0.25) is 0 Å². The van der Waals surface area contributed by atoms with Crippen molar-refractivity contribution in [3.63, 3.8) is 0 Å². The highest BCUT2D eigenvalue weighted by Gasteiger charge is 2.31. The maximum Gasteiger partial charge on any atom is 0.326 e. The number of nitrogens with two attached hydrogens (primary N) is 1. The van der Waals surface area contributed by atoms with E-state index in [0.717, 1.165) is 0 Å². The third-order valence-electron chi connectivity index (χ3n) is 4.69. The molecule has 3 amide bonds. The molecule has 0 aromatic heterocycles. The number of hydrogen-bond acceptors (Lipinski definition) is 7. The Morgan fingerprint density at radius 2 is 1.48 bits per heavy atom. The summed E-state index contributed by atoms with van der Waals surface area (Å²) in [5.74, 6) is -5.35. The number of carboxylic acids is 2. The van der Waals surface area contributed by atoms with Crippen LogP contribution in [0.15, 0.2) is 30.3 Å². The van der Waals surface area contributed by atoms with Gasteiger partial charge in [0.25, 0.3) is 0 Å². The Morgan fingerprint density at radius 3 is 1.97 bits per heavy atom. The molecular formula is C21H30N4O7S. The Labute approximate surface area is 196 Å². The third-order valence-corrected chi connectivity index (χ3v) is 5.06. The van der Waals surface area contributed by atoms with E-state index in [0.29, 0.717) is 5.56 Å². The van der Waals surface area contributed by atoms with E-state index in [1.54, 1.807) is 44.2 Å². The highest BCUT2D eigenvalue weighted by atomic mass is 32.1. The number of carboxylic acid groups (broad SMARTS) is 2. The molecule has 0 aliphatic heterocycles. The van der Waals surface area contributed by atoms with Crippen molar-refractivity contribution in [2.75, 3.05) is 5.75 Å². The van der Waals surface area contributed by atoms with Crippen LogP contribution in [0.5, 0.6) is 0 Å². The Kier molecular flexibility index (Phi) is 11.4. The highest BCUT2D eigenvalue weighted by Crippen LogP contribution is 2.06. The normalized spacial score (nSPS) is 14.5.